The molecule has 0 aliphatic rings. The number of nitrogens with zero attached hydrogens (tertiary/aromatic N) is 2. The van der Waals surface area contributed by atoms with E-state index in [-0.39, 0.29) is 6.03 Å². The second-order valence-corrected chi connectivity index (χ2v) is 7.72. The third-order valence-electron chi connectivity index (χ3n) is 4.34. The standard InChI is InChI=1S/C22H26N4OS/c1-18-23-12-13-26(18)17-20-8-5-7-19(15-20)16-25-22(27)24-11-6-14-28-21-9-3-2-4-10-21/h2-5,7-10,12-13,15H,6,11,14,16-17H2,1H3,(H2,24,25,27). The van der Waals surface area contributed by atoms with Gasteiger partial charge >= 0.3 is 6.03 Å². The van der Waals surface area contributed by atoms with E-state index >= 15 is 0 Å². The number of carbonyl (C=O) groups is 1. The quantitative estimate of drug-likeness (QED) is 0.422. The molecule has 6 heteroatoms. The number of aromatic nitrogens is 2. The summed E-state index contributed by atoms with van der Waals surface area (Å²) in [5.41, 5.74) is 2.28. The summed E-state index contributed by atoms with van der Waals surface area (Å²) >= 11 is 1.81. The maximum atomic E-state index is 12.0. The number of rotatable bonds is 9. The first-order chi connectivity index (χ1) is 13.7. The topological polar surface area (TPSA) is 59.0 Å². The van der Waals surface area contributed by atoms with Crippen molar-refractivity contribution < 1.29 is 4.79 Å². The number of carbonyl (C=O) groups excluding carboxylic acids is 1. The van der Waals surface area contributed by atoms with Crippen molar-refractivity contribution in [1.29, 1.82) is 0 Å². The molecule has 0 unspecified atom stereocenters. The maximum Gasteiger partial charge on any atom is 0.315 e. The molecule has 146 valence electrons. The van der Waals surface area contributed by atoms with Gasteiger partial charge < -0.3 is 15.2 Å². The number of nitrogens with one attached hydrogen (secondary N) is 2. The van der Waals surface area contributed by atoms with Gasteiger partial charge in [-0.25, -0.2) is 9.78 Å². The van der Waals surface area contributed by atoms with Gasteiger partial charge in [-0.05, 0) is 42.4 Å². The van der Waals surface area contributed by atoms with Crippen molar-refractivity contribution in [3.05, 3.63) is 83.9 Å². The molecule has 0 aliphatic carbocycles. The summed E-state index contributed by atoms with van der Waals surface area (Å²) in [6.07, 6.45) is 4.72. The molecule has 0 spiro atoms. The predicted octanol–water partition coefficient (Wildman–Crippen LogP) is 4.22. The van der Waals surface area contributed by atoms with Gasteiger partial charge in [-0.15, -0.1) is 11.8 Å². The highest BCUT2D eigenvalue weighted by molar-refractivity contribution is 7.99. The van der Waals surface area contributed by atoms with E-state index < -0.39 is 0 Å². The van der Waals surface area contributed by atoms with Gasteiger partial charge in [0, 0.05) is 36.9 Å². The minimum Gasteiger partial charge on any atom is -0.338 e. The van der Waals surface area contributed by atoms with Crippen molar-refractivity contribution in [2.45, 2.75) is 31.3 Å². The van der Waals surface area contributed by atoms with Crippen LogP contribution < -0.4 is 10.6 Å². The lowest BCUT2D eigenvalue weighted by molar-refractivity contribution is 0.240. The summed E-state index contributed by atoms with van der Waals surface area (Å²) in [6.45, 7) is 3.96. The predicted molar refractivity (Wildman–Crippen MR) is 115 cm³/mol. The smallest absolute Gasteiger partial charge is 0.315 e. The molecule has 3 aromatic rings. The summed E-state index contributed by atoms with van der Waals surface area (Å²) in [7, 11) is 0. The Balaban J connectivity index is 1.35. The first-order valence-electron chi connectivity index (χ1n) is 9.46. The zero-order valence-corrected chi connectivity index (χ0v) is 16.9. The number of hydrogen-bond donors (Lipinski definition) is 2. The molecule has 1 heterocycles. The van der Waals surface area contributed by atoms with Crippen molar-refractivity contribution in [2.24, 2.45) is 0 Å². The average Bonchev–Trinajstić information content (AvgIpc) is 3.12. The van der Waals surface area contributed by atoms with Crippen LogP contribution in [0.15, 0.2) is 71.9 Å². The molecule has 2 aromatic carbocycles. The van der Waals surface area contributed by atoms with Crippen LogP contribution in [0.2, 0.25) is 0 Å². The summed E-state index contributed by atoms with van der Waals surface area (Å²) in [4.78, 5) is 17.5. The molecular weight excluding hydrogens is 368 g/mol. The number of imidazole rings is 1. The van der Waals surface area contributed by atoms with Gasteiger partial charge in [0.25, 0.3) is 0 Å². The number of hydrogen-bond acceptors (Lipinski definition) is 3. The van der Waals surface area contributed by atoms with Crippen LogP contribution in [0.25, 0.3) is 0 Å². The van der Waals surface area contributed by atoms with Crippen molar-refractivity contribution >= 4 is 17.8 Å². The molecule has 0 radical (unpaired) electrons. The number of amides is 2. The van der Waals surface area contributed by atoms with Gasteiger partial charge in [0.1, 0.15) is 5.82 Å². The summed E-state index contributed by atoms with van der Waals surface area (Å²) in [5, 5.41) is 5.85. The molecule has 0 saturated heterocycles. The largest absolute Gasteiger partial charge is 0.338 e. The van der Waals surface area contributed by atoms with E-state index in [2.05, 4.69) is 44.5 Å². The van der Waals surface area contributed by atoms with Gasteiger partial charge in [0.15, 0.2) is 0 Å². The molecule has 2 amide bonds. The number of urea groups is 1. The first-order valence-corrected chi connectivity index (χ1v) is 10.4. The van der Waals surface area contributed by atoms with Crippen molar-refractivity contribution in [3.8, 4) is 0 Å². The minimum absolute atomic E-state index is 0.124. The molecule has 0 bridgehead atoms. The second-order valence-electron chi connectivity index (χ2n) is 6.55. The van der Waals surface area contributed by atoms with Gasteiger partial charge in [-0.2, -0.15) is 0 Å². The van der Waals surface area contributed by atoms with E-state index in [1.807, 2.05) is 61.4 Å². The normalized spacial score (nSPS) is 10.6. The Labute approximate surface area is 170 Å². The van der Waals surface area contributed by atoms with Crippen LogP contribution in [0.1, 0.15) is 23.4 Å². The Bertz CT molecular complexity index is 879. The fourth-order valence-electron chi connectivity index (χ4n) is 2.83. The van der Waals surface area contributed by atoms with Crippen LogP contribution in [0, 0.1) is 6.92 Å². The van der Waals surface area contributed by atoms with Gasteiger partial charge in [-0.1, -0.05) is 42.5 Å². The van der Waals surface area contributed by atoms with Crippen molar-refractivity contribution in [3.63, 3.8) is 0 Å². The highest BCUT2D eigenvalue weighted by Crippen LogP contribution is 2.17. The summed E-state index contributed by atoms with van der Waals surface area (Å²) in [5.74, 6) is 1.98. The van der Waals surface area contributed by atoms with Crippen LogP contribution in [-0.2, 0) is 13.1 Å². The molecule has 5 nitrogen and oxygen atoms in total. The number of benzene rings is 2. The molecule has 1 aromatic heterocycles. The molecule has 3 rings (SSSR count). The Morgan fingerprint density at radius 3 is 2.68 bits per heavy atom. The Morgan fingerprint density at radius 1 is 1.07 bits per heavy atom. The van der Waals surface area contributed by atoms with Crippen LogP contribution >= 0.6 is 11.8 Å². The fourth-order valence-corrected chi connectivity index (χ4v) is 3.71. The monoisotopic (exact) mass is 394 g/mol. The third kappa shape index (κ3) is 6.46. The fraction of sp³-hybridized carbons (Fsp3) is 0.273. The highest BCUT2D eigenvalue weighted by Gasteiger charge is 2.03. The molecule has 0 atom stereocenters. The van der Waals surface area contributed by atoms with Crippen LogP contribution in [0.4, 0.5) is 4.79 Å². The second kappa shape index (κ2) is 10.6. The first kappa shape index (κ1) is 20.0. The molecule has 2 N–H and O–H groups in total. The SMILES string of the molecule is Cc1nccn1Cc1cccc(CNC(=O)NCCCSc2ccccc2)c1. The number of thioether (sulfide) groups is 1. The van der Waals surface area contributed by atoms with E-state index in [1.165, 1.54) is 10.5 Å². The molecular formula is C22H26N4OS. The lowest BCUT2D eigenvalue weighted by atomic mass is 10.1. The van der Waals surface area contributed by atoms with E-state index in [9.17, 15) is 4.79 Å². The summed E-state index contributed by atoms with van der Waals surface area (Å²) < 4.78 is 2.10. The van der Waals surface area contributed by atoms with Gasteiger partial charge in [0.05, 0.1) is 0 Å². The molecule has 0 fully saturated rings. The molecule has 28 heavy (non-hydrogen) atoms. The van der Waals surface area contributed by atoms with Gasteiger partial charge in [0.2, 0.25) is 0 Å². The molecule has 0 saturated carbocycles. The lowest BCUT2D eigenvalue weighted by Gasteiger charge is -2.10. The highest BCUT2D eigenvalue weighted by atomic mass is 32.2. The van der Waals surface area contributed by atoms with E-state index in [0.717, 1.165) is 30.1 Å². The zero-order chi connectivity index (χ0) is 19.6. The zero-order valence-electron chi connectivity index (χ0n) is 16.1. The minimum atomic E-state index is -0.124. The van der Waals surface area contributed by atoms with Crippen LogP contribution in [0.5, 0.6) is 0 Å². The Kier molecular flexibility index (Phi) is 7.55. The van der Waals surface area contributed by atoms with E-state index in [0.29, 0.717) is 13.1 Å². The molecule has 0 aliphatic heterocycles. The van der Waals surface area contributed by atoms with Crippen LogP contribution in [-0.4, -0.2) is 27.9 Å². The van der Waals surface area contributed by atoms with Crippen LogP contribution in [0.3, 0.4) is 0 Å². The summed E-state index contributed by atoms with van der Waals surface area (Å²) in [6, 6.07) is 18.5. The third-order valence-corrected chi connectivity index (χ3v) is 5.44. The average molecular weight is 395 g/mol. The Hall–Kier alpha value is -2.73. The lowest BCUT2D eigenvalue weighted by Crippen LogP contribution is -2.35. The van der Waals surface area contributed by atoms with Gasteiger partial charge in [-0.3, -0.25) is 0 Å². The van der Waals surface area contributed by atoms with Crippen molar-refractivity contribution in [2.75, 3.05) is 12.3 Å². The van der Waals surface area contributed by atoms with E-state index in [4.69, 9.17) is 0 Å². The van der Waals surface area contributed by atoms with E-state index in [1.54, 1.807) is 0 Å². The maximum absolute atomic E-state index is 12.0. The number of aryl methyl sites for hydroxylation is 1. The Morgan fingerprint density at radius 2 is 1.89 bits per heavy atom. The van der Waals surface area contributed by atoms with Crippen molar-refractivity contribution in [1.82, 2.24) is 20.2 Å².